The highest BCUT2D eigenvalue weighted by Crippen LogP contribution is 2.58. The van der Waals surface area contributed by atoms with Gasteiger partial charge < -0.3 is 9.64 Å². The van der Waals surface area contributed by atoms with Crippen LogP contribution in [0.15, 0.2) is 59.5 Å². The third-order valence-corrected chi connectivity index (χ3v) is 6.51. The summed E-state index contributed by atoms with van der Waals surface area (Å²) in [4.78, 5) is 11.3. The van der Waals surface area contributed by atoms with E-state index in [4.69, 9.17) is 4.74 Å². The van der Waals surface area contributed by atoms with Crippen molar-refractivity contribution in [3.05, 3.63) is 70.9 Å². The van der Waals surface area contributed by atoms with Crippen LogP contribution >= 0.6 is 0 Å². The molecule has 1 aliphatic carbocycles. The van der Waals surface area contributed by atoms with Crippen molar-refractivity contribution >= 4 is 5.57 Å². The van der Waals surface area contributed by atoms with Gasteiger partial charge in [0.2, 0.25) is 5.88 Å². The fraction of sp³-hybridized carbons (Fsp3) is 0.500. The van der Waals surface area contributed by atoms with Crippen LogP contribution < -0.4 is 4.74 Å². The number of hydrogen-bond donors (Lipinski definition) is 0. The quantitative estimate of drug-likeness (QED) is 0.408. The average Bonchev–Trinajstić information content (AvgIpc) is 3.42. The third kappa shape index (κ3) is 5.59. The van der Waals surface area contributed by atoms with Crippen molar-refractivity contribution in [3.8, 4) is 5.88 Å². The second-order valence-corrected chi connectivity index (χ2v) is 9.81. The minimum Gasteiger partial charge on any atom is -0.477 e. The predicted octanol–water partition coefficient (Wildman–Crippen LogP) is 6.67. The summed E-state index contributed by atoms with van der Waals surface area (Å²) in [7, 11) is 2.11. The van der Waals surface area contributed by atoms with Gasteiger partial charge in [-0.25, -0.2) is 4.98 Å². The maximum absolute atomic E-state index is 6.41. The van der Waals surface area contributed by atoms with Gasteiger partial charge in [-0.2, -0.15) is 4.98 Å². The van der Waals surface area contributed by atoms with Crippen molar-refractivity contribution in [1.29, 1.82) is 0 Å². The largest absolute Gasteiger partial charge is 0.477 e. The van der Waals surface area contributed by atoms with Crippen LogP contribution in [-0.2, 0) is 0 Å². The Hall–Kier alpha value is -2.62. The number of aryl methyl sites for hydroxylation is 1. The summed E-state index contributed by atoms with van der Waals surface area (Å²) in [5.74, 6) is 1.89. The van der Waals surface area contributed by atoms with E-state index in [1.807, 2.05) is 13.1 Å². The van der Waals surface area contributed by atoms with E-state index in [1.54, 1.807) is 0 Å². The summed E-state index contributed by atoms with van der Waals surface area (Å²) in [6.45, 7) is 18.8. The molecule has 1 fully saturated rings. The molecule has 32 heavy (non-hydrogen) atoms. The molecule has 2 unspecified atom stereocenters. The molecule has 4 nitrogen and oxygen atoms in total. The van der Waals surface area contributed by atoms with E-state index >= 15 is 0 Å². The monoisotopic (exact) mass is 433 g/mol. The van der Waals surface area contributed by atoms with E-state index in [-0.39, 0.29) is 5.41 Å². The second-order valence-electron chi connectivity index (χ2n) is 9.81. The standard InChI is InChI=1S/C28H39N3O/c1-9-20(5)24(12-11-19(3)4)26-14-28(26,7)18-32-27-25(15-29-21(6)30-27)23-13-22(10-2)16-31(8)17-23/h11-13,15,17,26H,5,9-10,14,16,18H2,1-4,6-8H3. The first-order valence-electron chi connectivity index (χ1n) is 11.8. The third-order valence-electron chi connectivity index (χ3n) is 6.51. The first kappa shape index (κ1) is 24.0. The highest BCUT2D eigenvalue weighted by Gasteiger charge is 2.52. The van der Waals surface area contributed by atoms with Crippen LogP contribution in [0.4, 0.5) is 0 Å². The fourth-order valence-electron chi connectivity index (χ4n) is 4.25. The molecule has 1 aromatic heterocycles. The van der Waals surface area contributed by atoms with Crippen molar-refractivity contribution in [1.82, 2.24) is 14.9 Å². The molecule has 2 atom stereocenters. The van der Waals surface area contributed by atoms with Crippen LogP contribution in [-0.4, -0.2) is 35.1 Å². The van der Waals surface area contributed by atoms with Gasteiger partial charge in [-0.05, 0) is 51.5 Å². The normalized spacial score (nSPS) is 22.8. The minimum atomic E-state index is 0.0950. The molecule has 2 heterocycles. The lowest BCUT2D eigenvalue weighted by atomic mass is 9.94. The zero-order valence-corrected chi connectivity index (χ0v) is 21.0. The number of aromatic nitrogens is 2. The molecule has 0 amide bonds. The Balaban J connectivity index is 1.81. The molecular formula is C28H39N3O. The van der Waals surface area contributed by atoms with E-state index in [9.17, 15) is 0 Å². The molecule has 1 aliphatic heterocycles. The zero-order chi connectivity index (χ0) is 23.5. The lowest BCUT2D eigenvalue weighted by Crippen LogP contribution is -2.19. The molecule has 0 spiro atoms. The van der Waals surface area contributed by atoms with Gasteiger partial charge in [0.25, 0.3) is 0 Å². The van der Waals surface area contributed by atoms with E-state index < -0.39 is 0 Å². The Morgan fingerprint density at radius 1 is 1.31 bits per heavy atom. The Bertz CT molecular complexity index is 994. The number of nitrogens with zero attached hydrogens (tertiary/aromatic N) is 3. The molecule has 1 saturated carbocycles. The SMILES string of the molecule is C=C(CC)C(=CC=C(C)C)C1CC1(C)COc1nc(C)ncc1C1=CN(C)CC(CC)=C1. The van der Waals surface area contributed by atoms with Crippen LogP contribution in [0.1, 0.15) is 65.3 Å². The molecule has 0 saturated heterocycles. The predicted molar refractivity (Wildman–Crippen MR) is 134 cm³/mol. The Labute approximate surface area is 194 Å². The summed E-state index contributed by atoms with van der Waals surface area (Å²) in [5, 5.41) is 0. The van der Waals surface area contributed by atoms with Gasteiger partial charge in [-0.15, -0.1) is 0 Å². The molecule has 3 rings (SSSR count). The Morgan fingerprint density at radius 3 is 2.72 bits per heavy atom. The summed E-state index contributed by atoms with van der Waals surface area (Å²) in [6.07, 6.45) is 13.9. The zero-order valence-electron chi connectivity index (χ0n) is 21.0. The van der Waals surface area contributed by atoms with Crippen LogP contribution in [0.25, 0.3) is 5.57 Å². The Kier molecular flexibility index (Phi) is 7.43. The van der Waals surface area contributed by atoms with Crippen molar-refractivity contribution in [2.24, 2.45) is 11.3 Å². The van der Waals surface area contributed by atoms with E-state index in [2.05, 4.69) is 87.5 Å². The lowest BCUT2D eigenvalue weighted by molar-refractivity contribution is 0.229. The van der Waals surface area contributed by atoms with Crippen molar-refractivity contribution in [3.63, 3.8) is 0 Å². The second kappa shape index (κ2) is 9.89. The molecular weight excluding hydrogens is 394 g/mol. The van der Waals surface area contributed by atoms with Gasteiger partial charge in [0.1, 0.15) is 5.82 Å². The molecule has 4 heteroatoms. The highest BCUT2D eigenvalue weighted by molar-refractivity contribution is 5.77. The van der Waals surface area contributed by atoms with Crippen molar-refractivity contribution in [2.45, 2.75) is 60.8 Å². The number of rotatable bonds is 9. The fourth-order valence-corrected chi connectivity index (χ4v) is 4.25. The van der Waals surface area contributed by atoms with E-state index in [0.29, 0.717) is 18.4 Å². The average molecular weight is 434 g/mol. The van der Waals surface area contributed by atoms with Crippen LogP contribution in [0.3, 0.4) is 0 Å². The number of hydrogen-bond acceptors (Lipinski definition) is 4. The van der Waals surface area contributed by atoms with E-state index in [1.165, 1.54) is 22.3 Å². The smallest absolute Gasteiger partial charge is 0.224 e. The maximum Gasteiger partial charge on any atom is 0.224 e. The highest BCUT2D eigenvalue weighted by atomic mass is 16.5. The van der Waals surface area contributed by atoms with Crippen LogP contribution in [0, 0.1) is 18.3 Å². The van der Waals surface area contributed by atoms with Gasteiger partial charge in [-0.1, -0.05) is 62.3 Å². The molecule has 2 aliphatic rings. The summed E-state index contributed by atoms with van der Waals surface area (Å²) >= 11 is 0. The molecule has 0 radical (unpaired) electrons. The number of ether oxygens (including phenoxy) is 1. The molecule has 1 aromatic rings. The molecule has 0 N–H and O–H groups in total. The summed E-state index contributed by atoms with van der Waals surface area (Å²) < 4.78 is 6.41. The summed E-state index contributed by atoms with van der Waals surface area (Å²) in [5.41, 5.74) is 7.47. The van der Waals surface area contributed by atoms with Gasteiger partial charge in [0, 0.05) is 37.0 Å². The van der Waals surface area contributed by atoms with Gasteiger partial charge in [0.15, 0.2) is 0 Å². The number of allylic oxidation sites excluding steroid dienone is 7. The van der Waals surface area contributed by atoms with Gasteiger partial charge >= 0.3 is 0 Å². The van der Waals surface area contributed by atoms with Crippen LogP contribution in [0.5, 0.6) is 5.88 Å². The van der Waals surface area contributed by atoms with Crippen molar-refractivity contribution in [2.75, 3.05) is 20.2 Å². The summed E-state index contributed by atoms with van der Waals surface area (Å²) in [6, 6.07) is 0. The first-order chi connectivity index (χ1) is 15.2. The lowest BCUT2D eigenvalue weighted by Gasteiger charge is -2.24. The molecule has 0 aromatic carbocycles. The van der Waals surface area contributed by atoms with Gasteiger partial charge in [0.05, 0.1) is 12.2 Å². The topological polar surface area (TPSA) is 38.3 Å². The van der Waals surface area contributed by atoms with Crippen LogP contribution in [0.2, 0.25) is 0 Å². The van der Waals surface area contributed by atoms with Gasteiger partial charge in [-0.3, -0.25) is 0 Å². The maximum atomic E-state index is 6.41. The molecule has 172 valence electrons. The molecule has 0 bridgehead atoms. The van der Waals surface area contributed by atoms with E-state index in [0.717, 1.165) is 42.8 Å². The first-order valence-corrected chi connectivity index (χ1v) is 11.8. The van der Waals surface area contributed by atoms with Crippen molar-refractivity contribution < 1.29 is 4.74 Å². The minimum absolute atomic E-state index is 0.0950. The number of likely N-dealkylation sites (N-methyl/N-ethyl adjacent to an activating group) is 1. The Morgan fingerprint density at radius 2 is 2.06 bits per heavy atom.